The molecule has 0 heterocycles. The number of rotatable bonds is 6. The van der Waals surface area contributed by atoms with Crippen LogP contribution in [0.2, 0.25) is 0 Å². The predicted octanol–water partition coefficient (Wildman–Crippen LogP) is 2.91. The highest BCUT2D eigenvalue weighted by atomic mass is 16.5. The Balaban J connectivity index is 2.22. The van der Waals surface area contributed by atoms with Gasteiger partial charge in [0.25, 0.3) is 0 Å². The van der Waals surface area contributed by atoms with Crippen molar-refractivity contribution in [3.63, 3.8) is 0 Å². The first kappa shape index (κ1) is 16.2. The van der Waals surface area contributed by atoms with Gasteiger partial charge in [0.15, 0.2) is 5.60 Å². The molecule has 2 N–H and O–H groups in total. The van der Waals surface area contributed by atoms with E-state index in [9.17, 15) is 15.0 Å². The van der Waals surface area contributed by atoms with Crippen molar-refractivity contribution in [3.05, 3.63) is 71.8 Å². The molecule has 4 nitrogen and oxygen atoms in total. The number of carboxylic acid groups (broad SMARTS) is 1. The van der Waals surface area contributed by atoms with Crippen molar-refractivity contribution in [2.45, 2.75) is 25.0 Å². The summed E-state index contributed by atoms with van der Waals surface area (Å²) >= 11 is 0. The Labute approximate surface area is 130 Å². The van der Waals surface area contributed by atoms with Crippen LogP contribution in [0, 0.1) is 0 Å². The maximum atomic E-state index is 11.7. The molecule has 2 aromatic rings. The molecule has 0 bridgehead atoms. The topological polar surface area (TPSA) is 66.8 Å². The highest BCUT2D eigenvalue weighted by molar-refractivity contribution is 5.78. The van der Waals surface area contributed by atoms with Gasteiger partial charge in [0.2, 0.25) is 0 Å². The first-order chi connectivity index (χ1) is 10.4. The minimum atomic E-state index is -1.51. The molecule has 0 aliphatic rings. The summed E-state index contributed by atoms with van der Waals surface area (Å²) in [6.45, 7) is 2.97. The number of benzene rings is 2. The number of carboxylic acids is 1. The van der Waals surface area contributed by atoms with E-state index in [1.807, 2.05) is 24.3 Å². The van der Waals surface area contributed by atoms with Crippen LogP contribution in [0.15, 0.2) is 60.7 Å². The molecule has 0 spiro atoms. The summed E-state index contributed by atoms with van der Waals surface area (Å²) in [5.74, 6) is -1.09. The second-order valence-corrected chi connectivity index (χ2v) is 5.63. The quantitative estimate of drug-likeness (QED) is 0.861. The summed E-state index contributed by atoms with van der Waals surface area (Å²) < 4.78 is 5.65. The number of aliphatic hydroxyl groups is 1. The standard InChI is InChI=1S/C18H20O4/c1-17(21,14-9-5-3-6-10-14)13-22-18(2,16(19)20)15-11-7-4-8-12-15/h3-12,21H,13H2,1-2H3,(H,19,20). The zero-order valence-corrected chi connectivity index (χ0v) is 12.7. The molecule has 2 unspecified atom stereocenters. The molecular formula is C18H20O4. The fourth-order valence-corrected chi connectivity index (χ4v) is 2.19. The monoisotopic (exact) mass is 300 g/mol. The Morgan fingerprint density at radius 3 is 1.86 bits per heavy atom. The van der Waals surface area contributed by atoms with E-state index in [2.05, 4.69) is 0 Å². The maximum Gasteiger partial charge on any atom is 0.340 e. The van der Waals surface area contributed by atoms with Crippen LogP contribution in [0.5, 0.6) is 0 Å². The summed E-state index contributed by atoms with van der Waals surface area (Å²) in [4.78, 5) is 11.7. The number of hydrogen-bond acceptors (Lipinski definition) is 3. The van der Waals surface area contributed by atoms with Gasteiger partial charge in [-0.1, -0.05) is 60.7 Å². The molecule has 2 rings (SSSR count). The normalized spacial score (nSPS) is 16.5. The molecule has 0 saturated carbocycles. The largest absolute Gasteiger partial charge is 0.479 e. The van der Waals surface area contributed by atoms with Crippen LogP contribution >= 0.6 is 0 Å². The first-order valence-electron chi connectivity index (χ1n) is 7.07. The second-order valence-electron chi connectivity index (χ2n) is 5.63. The number of carbonyl (C=O) groups is 1. The van der Waals surface area contributed by atoms with E-state index in [0.29, 0.717) is 11.1 Å². The van der Waals surface area contributed by atoms with E-state index in [1.54, 1.807) is 43.3 Å². The fourth-order valence-electron chi connectivity index (χ4n) is 2.19. The Morgan fingerprint density at radius 2 is 1.41 bits per heavy atom. The lowest BCUT2D eigenvalue weighted by Gasteiger charge is -2.31. The van der Waals surface area contributed by atoms with Crippen LogP contribution in [0.3, 0.4) is 0 Å². The number of hydrogen-bond donors (Lipinski definition) is 2. The van der Waals surface area contributed by atoms with Crippen LogP contribution in [0.25, 0.3) is 0 Å². The zero-order chi connectivity index (χ0) is 16.2. The van der Waals surface area contributed by atoms with Crippen molar-refractivity contribution in [2.24, 2.45) is 0 Å². The van der Waals surface area contributed by atoms with Gasteiger partial charge in [-0.2, -0.15) is 0 Å². The van der Waals surface area contributed by atoms with Crippen molar-refractivity contribution in [2.75, 3.05) is 6.61 Å². The summed E-state index contributed by atoms with van der Waals surface area (Å²) in [7, 11) is 0. The van der Waals surface area contributed by atoms with Crippen molar-refractivity contribution < 1.29 is 19.7 Å². The van der Waals surface area contributed by atoms with Gasteiger partial charge in [-0.15, -0.1) is 0 Å². The zero-order valence-electron chi connectivity index (χ0n) is 12.7. The lowest BCUT2D eigenvalue weighted by atomic mass is 9.94. The first-order valence-corrected chi connectivity index (χ1v) is 7.07. The highest BCUT2D eigenvalue weighted by Crippen LogP contribution is 2.29. The van der Waals surface area contributed by atoms with Crippen LogP contribution in [0.4, 0.5) is 0 Å². The predicted molar refractivity (Wildman–Crippen MR) is 83.4 cm³/mol. The van der Waals surface area contributed by atoms with E-state index in [4.69, 9.17) is 4.74 Å². The number of aliphatic carboxylic acids is 1. The summed E-state index contributed by atoms with van der Waals surface area (Å²) in [5.41, 5.74) is -1.57. The van der Waals surface area contributed by atoms with Gasteiger partial charge < -0.3 is 14.9 Å². The van der Waals surface area contributed by atoms with E-state index >= 15 is 0 Å². The Kier molecular flexibility index (Phi) is 4.64. The minimum absolute atomic E-state index is 0.130. The summed E-state index contributed by atoms with van der Waals surface area (Å²) in [5, 5.41) is 20.1. The second kappa shape index (κ2) is 6.30. The van der Waals surface area contributed by atoms with Gasteiger partial charge in [0.05, 0.1) is 6.61 Å². The molecule has 0 saturated heterocycles. The van der Waals surface area contributed by atoms with Crippen LogP contribution < -0.4 is 0 Å². The van der Waals surface area contributed by atoms with Crippen molar-refractivity contribution >= 4 is 5.97 Å². The van der Waals surface area contributed by atoms with Crippen molar-refractivity contribution in [1.82, 2.24) is 0 Å². The van der Waals surface area contributed by atoms with Crippen molar-refractivity contribution in [3.8, 4) is 0 Å². The molecule has 0 radical (unpaired) electrons. The fraction of sp³-hybridized carbons (Fsp3) is 0.278. The molecule has 0 fully saturated rings. The Bertz CT molecular complexity index is 622. The molecule has 2 aromatic carbocycles. The lowest BCUT2D eigenvalue weighted by molar-refractivity contribution is -0.174. The molecule has 0 aromatic heterocycles. The third-order valence-corrected chi connectivity index (χ3v) is 3.77. The van der Waals surface area contributed by atoms with Gasteiger partial charge in [-0.05, 0) is 25.0 Å². The molecular weight excluding hydrogens is 280 g/mol. The van der Waals surface area contributed by atoms with Crippen LogP contribution in [-0.4, -0.2) is 22.8 Å². The van der Waals surface area contributed by atoms with E-state index in [1.165, 1.54) is 6.92 Å². The van der Waals surface area contributed by atoms with Gasteiger partial charge >= 0.3 is 5.97 Å². The van der Waals surface area contributed by atoms with Gasteiger partial charge in [-0.25, -0.2) is 4.79 Å². The lowest BCUT2D eigenvalue weighted by Crippen LogP contribution is -2.40. The van der Waals surface area contributed by atoms with Crippen LogP contribution in [0.1, 0.15) is 25.0 Å². The van der Waals surface area contributed by atoms with E-state index < -0.39 is 17.2 Å². The SMILES string of the molecule is CC(O)(COC(C)(C(=O)O)c1ccccc1)c1ccccc1. The van der Waals surface area contributed by atoms with Gasteiger partial charge in [-0.3, -0.25) is 0 Å². The average molecular weight is 300 g/mol. The molecule has 0 amide bonds. The highest BCUT2D eigenvalue weighted by Gasteiger charge is 2.38. The van der Waals surface area contributed by atoms with Gasteiger partial charge in [0.1, 0.15) is 5.60 Å². The molecule has 116 valence electrons. The van der Waals surface area contributed by atoms with Crippen LogP contribution in [-0.2, 0) is 20.7 Å². The van der Waals surface area contributed by atoms with Crippen molar-refractivity contribution in [1.29, 1.82) is 0 Å². The van der Waals surface area contributed by atoms with E-state index in [-0.39, 0.29) is 6.61 Å². The molecule has 4 heteroatoms. The smallest absolute Gasteiger partial charge is 0.340 e. The molecule has 22 heavy (non-hydrogen) atoms. The molecule has 0 aliphatic heterocycles. The maximum absolute atomic E-state index is 11.7. The van der Waals surface area contributed by atoms with Gasteiger partial charge in [0, 0.05) is 0 Å². The average Bonchev–Trinajstić information content (AvgIpc) is 2.54. The number of ether oxygens (including phenoxy) is 1. The Hall–Kier alpha value is -2.17. The molecule has 2 atom stereocenters. The summed E-state index contributed by atoms with van der Waals surface area (Å²) in [6, 6.07) is 17.8. The third-order valence-electron chi connectivity index (χ3n) is 3.77. The summed E-state index contributed by atoms with van der Waals surface area (Å²) in [6.07, 6.45) is 0. The minimum Gasteiger partial charge on any atom is -0.479 e. The van der Waals surface area contributed by atoms with E-state index in [0.717, 1.165) is 0 Å². The molecule has 0 aliphatic carbocycles. The third kappa shape index (κ3) is 3.35. The Morgan fingerprint density at radius 1 is 0.955 bits per heavy atom.